The highest BCUT2D eigenvalue weighted by molar-refractivity contribution is 4.87. The second-order valence-corrected chi connectivity index (χ2v) is 4.17. The third-order valence-electron chi connectivity index (χ3n) is 1.15. The van der Waals surface area contributed by atoms with Crippen molar-refractivity contribution in [2.24, 2.45) is 5.92 Å². The van der Waals surface area contributed by atoms with Gasteiger partial charge in [-0.15, -0.1) is 5.10 Å². The molecule has 0 unspecified atom stereocenters. The molecule has 1 rings (SSSR count). The molecule has 1 heterocycles. The largest absolute Gasteiger partial charge is 0.250 e. The Labute approximate surface area is 81.2 Å². The number of aryl methyl sites for hydroxylation is 1. The topological polar surface area (TPSA) is 30.7 Å². The first-order valence-corrected chi connectivity index (χ1v) is 4.82. The fourth-order valence-electron chi connectivity index (χ4n) is 0.618. The predicted octanol–water partition coefficient (Wildman–Crippen LogP) is 2.83. The Balaban J connectivity index is 0.000000310. The lowest BCUT2D eigenvalue weighted by Crippen LogP contribution is -2.00. The Hall–Kier alpha value is -0.860. The molecule has 0 N–H and O–H groups in total. The summed E-state index contributed by atoms with van der Waals surface area (Å²) < 4.78 is 1.84. The standard InChI is InChI=1S/C6H11N3.C4H10/c1-5(2)9-4-6(3)7-8-9;1-4(2)3/h4-5H,1-3H3;4H,1-3H3. The summed E-state index contributed by atoms with van der Waals surface area (Å²) in [4.78, 5) is 0. The zero-order valence-corrected chi connectivity index (χ0v) is 9.57. The minimum absolute atomic E-state index is 0.422. The second kappa shape index (κ2) is 5.73. The van der Waals surface area contributed by atoms with Crippen LogP contribution in [0.2, 0.25) is 0 Å². The molecule has 1 aromatic heterocycles. The van der Waals surface area contributed by atoms with Gasteiger partial charge in [-0.3, -0.25) is 0 Å². The summed E-state index contributed by atoms with van der Waals surface area (Å²) in [5.74, 6) is 0.833. The maximum atomic E-state index is 3.88. The number of aromatic nitrogens is 3. The molecule has 0 fully saturated rings. The lowest BCUT2D eigenvalue weighted by Gasteiger charge is -2.00. The van der Waals surface area contributed by atoms with Crippen molar-refractivity contribution in [2.45, 2.75) is 47.6 Å². The molecule has 0 aliphatic carbocycles. The Kier molecular flexibility index (Phi) is 5.35. The van der Waals surface area contributed by atoms with Crippen LogP contribution in [0.25, 0.3) is 0 Å². The number of hydrogen-bond acceptors (Lipinski definition) is 2. The van der Waals surface area contributed by atoms with Gasteiger partial charge in [0.25, 0.3) is 0 Å². The van der Waals surface area contributed by atoms with Crippen molar-refractivity contribution in [1.82, 2.24) is 15.0 Å². The summed E-state index contributed by atoms with van der Waals surface area (Å²) in [5.41, 5.74) is 0.976. The van der Waals surface area contributed by atoms with Gasteiger partial charge in [0.05, 0.1) is 5.69 Å². The quantitative estimate of drug-likeness (QED) is 0.670. The van der Waals surface area contributed by atoms with Gasteiger partial charge in [0, 0.05) is 12.2 Å². The first-order valence-electron chi connectivity index (χ1n) is 4.82. The van der Waals surface area contributed by atoms with Crippen LogP contribution in [0.5, 0.6) is 0 Å². The molecule has 0 aliphatic rings. The van der Waals surface area contributed by atoms with Gasteiger partial charge >= 0.3 is 0 Å². The van der Waals surface area contributed by atoms with Crippen LogP contribution in [0.15, 0.2) is 6.20 Å². The van der Waals surface area contributed by atoms with E-state index >= 15 is 0 Å². The molecule has 3 nitrogen and oxygen atoms in total. The number of rotatable bonds is 1. The average molecular weight is 183 g/mol. The van der Waals surface area contributed by atoms with E-state index in [1.807, 2.05) is 17.8 Å². The molecular weight excluding hydrogens is 162 g/mol. The maximum Gasteiger partial charge on any atom is 0.0796 e. The second-order valence-electron chi connectivity index (χ2n) is 4.17. The maximum absolute atomic E-state index is 3.88. The highest BCUT2D eigenvalue weighted by atomic mass is 15.4. The highest BCUT2D eigenvalue weighted by Crippen LogP contribution is 2.00. The van der Waals surface area contributed by atoms with Crippen molar-refractivity contribution in [2.75, 3.05) is 0 Å². The first-order chi connectivity index (χ1) is 5.93. The van der Waals surface area contributed by atoms with Crippen LogP contribution in [-0.4, -0.2) is 15.0 Å². The van der Waals surface area contributed by atoms with Crippen molar-refractivity contribution in [3.05, 3.63) is 11.9 Å². The summed E-state index contributed by atoms with van der Waals surface area (Å²) in [7, 11) is 0. The third kappa shape index (κ3) is 6.31. The summed E-state index contributed by atoms with van der Waals surface area (Å²) in [6, 6.07) is 0.422. The fourth-order valence-corrected chi connectivity index (χ4v) is 0.618. The Morgan fingerprint density at radius 2 is 1.62 bits per heavy atom. The zero-order chi connectivity index (χ0) is 10.4. The van der Waals surface area contributed by atoms with Gasteiger partial charge in [-0.2, -0.15) is 0 Å². The Morgan fingerprint density at radius 3 is 1.77 bits per heavy atom. The molecule has 0 amide bonds. The summed E-state index contributed by atoms with van der Waals surface area (Å²) in [6.45, 7) is 12.6. The van der Waals surface area contributed by atoms with Gasteiger partial charge in [-0.1, -0.05) is 26.0 Å². The lowest BCUT2D eigenvalue weighted by atomic mass is 10.3. The lowest BCUT2D eigenvalue weighted by molar-refractivity contribution is 0.514. The van der Waals surface area contributed by atoms with E-state index in [1.54, 1.807) is 0 Å². The molecule has 0 aliphatic heterocycles. The van der Waals surface area contributed by atoms with E-state index in [1.165, 1.54) is 0 Å². The Bertz CT molecular complexity index is 223. The van der Waals surface area contributed by atoms with Gasteiger partial charge in [-0.25, -0.2) is 4.68 Å². The minimum atomic E-state index is 0.422. The highest BCUT2D eigenvalue weighted by Gasteiger charge is 1.97. The van der Waals surface area contributed by atoms with E-state index in [2.05, 4.69) is 44.9 Å². The van der Waals surface area contributed by atoms with Crippen LogP contribution in [0.3, 0.4) is 0 Å². The number of nitrogens with zero attached hydrogens (tertiary/aromatic N) is 3. The van der Waals surface area contributed by atoms with E-state index < -0.39 is 0 Å². The van der Waals surface area contributed by atoms with E-state index in [0.717, 1.165) is 11.6 Å². The van der Waals surface area contributed by atoms with Crippen molar-refractivity contribution < 1.29 is 0 Å². The van der Waals surface area contributed by atoms with Crippen LogP contribution >= 0.6 is 0 Å². The molecule has 3 heteroatoms. The molecule has 0 radical (unpaired) electrons. The van der Waals surface area contributed by atoms with Crippen molar-refractivity contribution in [3.63, 3.8) is 0 Å². The fraction of sp³-hybridized carbons (Fsp3) is 0.800. The van der Waals surface area contributed by atoms with Gasteiger partial charge in [0.2, 0.25) is 0 Å². The van der Waals surface area contributed by atoms with E-state index in [-0.39, 0.29) is 0 Å². The van der Waals surface area contributed by atoms with Gasteiger partial charge in [0.1, 0.15) is 0 Å². The minimum Gasteiger partial charge on any atom is -0.250 e. The average Bonchev–Trinajstić information content (AvgIpc) is 2.34. The molecule has 13 heavy (non-hydrogen) atoms. The van der Waals surface area contributed by atoms with Crippen LogP contribution in [0.1, 0.15) is 46.4 Å². The van der Waals surface area contributed by atoms with Crippen molar-refractivity contribution in [3.8, 4) is 0 Å². The van der Waals surface area contributed by atoms with E-state index in [4.69, 9.17) is 0 Å². The molecule has 0 saturated heterocycles. The molecule has 0 atom stereocenters. The number of hydrogen-bond donors (Lipinski definition) is 0. The van der Waals surface area contributed by atoms with Crippen LogP contribution < -0.4 is 0 Å². The SMILES string of the molecule is CC(C)C.Cc1cn(C(C)C)nn1. The normalized spacial score (nSPS) is 10.2. The van der Waals surface area contributed by atoms with E-state index in [9.17, 15) is 0 Å². The predicted molar refractivity (Wildman–Crippen MR) is 55.7 cm³/mol. The summed E-state index contributed by atoms with van der Waals surface area (Å²) >= 11 is 0. The van der Waals surface area contributed by atoms with Crippen LogP contribution in [0, 0.1) is 12.8 Å². The van der Waals surface area contributed by atoms with Gasteiger partial charge in [0.15, 0.2) is 0 Å². The molecule has 1 aromatic rings. The monoisotopic (exact) mass is 183 g/mol. The van der Waals surface area contributed by atoms with Crippen LogP contribution in [-0.2, 0) is 0 Å². The van der Waals surface area contributed by atoms with Crippen molar-refractivity contribution in [1.29, 1.82) is 0 Å². The van der Waals surface area contributed by atoms with Gasteiger partial charge in [-0.05, 0) is 26.7 Å². The molecular formula is C10H21N3. The Morgan fingerprint density at radius 1 is 1.15 bits per heavy atom. The summed E-state index contributed by atoms with van der Waals surface area (Å²) in [6.07, 6.45) is 1.94. The summed E-state index contributed by atoms with van der Waals surface area (Å²) in [5, 5.41) is 7.73. The molecule has 0 aromatic carbocycles. The first kappa shape index (κ1) is 12.1. The molecule has 0 saturated carbocycles. The van der Waals surface area contributed by atoms with E-state index in [0.29, 0.717) is 6.04 Å². The molecule has 76 valence electrons. The third-order valence-corrected chi connectivity index (χ3v) is 1.15. The zero-order valence-electron chi connectivity index (χ0n) is 9.57. The van der Waals surface area contributed by atoms with Crippen molar-refractivity contribution >= 4 is 0 Å². The molecule has 0 spiro atoms. The van der Waals surface area contributed by atoms with Gasteiger partial charge < -0.3 is 0 Å². The molecule has 0 bridgehead atoms. The van der Waals surface area contributed by atoms with Crippen LogP contribution in [0.4, 0.5) is 0 Å². The smallest absolute Gasteiger partial charge is 0.0796 e.